The lowest BCUT2D eigenvalue weighted by atomic mass is 10.1. The lowest BCUT2D eigenvalue weighted by Crippen LogP contribution is -2.15. The largest absolute Gasteiger partial charge is 0.394 e. The van der Waals surface area contributed by atoms with Crippen molar-refractivity contribution in [3.63, 3.8) is 0 Å². The van der Waals surface area contributed by atoms with Crippen LogP contribution in [-0.4, -0.2) is 11.7 Å². The fourth-order valence-corrected chi connectivity index (χ4v) is 1.75. The van der Waals surface area contributed by atoms with Crippen LogP contribution in [0.15, 0.2) is 42.5 Å². The molecule has 5 heteroatoms. The second-order valence-electron chi connectivity index (χ2n) is 4.04. The van der Waals surface area contributed by atoms with Gasteiger partial charge in [-0.2, -0.15) is 0 Å². The van der Waals surface area contributed by atoms with Crippen LogP contribution in [0.25, 0.3) is 0 Å². The van der Waals surface area contributed by atoms with Gasteiger partial charge in [0.1, 0.15) is 0 Å². The molecule has 2 aromatic rings. The molecule has 0 aliphatic rings. The number of aliphatic hydroxyl groups is 1. The van der Waals surface area contributed by atoms with Crippen LogP contribution in [0, 0.1) is 17.5 Å². The Kier molecular flexibility index (Phi) is 4.06. The van der Waals surface area contributed by atoms with E-state index in [1.807, 2.05) is 6.07 Å². The average molecular weight is 267 g/mol. The third-order valence-corrected chi connectivity index (χ3v) is 2.71. The third kappa shape index (κ3) is 3.06. The number of rotatable bonds is 4. The highest BCUT2D eigenvalue weighted by molar-refractivity contribution is 5.45. The van der Waals surface area contributed by atoms with Crippen molar-refractivity contribution in [1.82, 2.24) is 0 Å². The number of anilines is 1. The highest BCUT2D eigenvalue weighted by atomic mass is 19.2. The summed E-state index contributed by atoms with van der Waals surface area (Å²) in [6.07, 6.45) is 0. The van der Waals surface area contributed by atoms with E-state index in [1.165, 1.54) is 0 Å². The topological polar surface area (TPSA) is 32.3 Å². The van der Waals surface area contributed by atoms with Crippen molar-refractivity contribution in [2.24, 2.45) is 0 Å². The van der Waals surface area contributed by atoms with Crippen molar-refractivity contribution < 1.29 is 18.3 Å². The minimum absolute atomic E-state index is 0.141. The maximum atomic E-state index is 13.2. The first-order valence-corrected chi connectivity index (χ1v) is 5.68. The highest BCUT2D eigenvalue weighted by Gasteiger charge is 2.16. The molecule has 0 aliphatic heterocycles. The van der Waals surface area contributed by atoms with Crippen LogP contribution < -0.4 is 5.32 Å². The van der Waals surface area contributed by atoms with Crippen LogP contribution in [0.4, 0.5) is 18.9 Å². The van der Waals surface area contributed by atoms with Gasteiger partial charge in [0.15, 0.2) is 17.5 Å². The van der Waals surface area contributed by atoms with Crippen molar-refractivity contribution in [2.75, 3.05) is 11.9 Å². The number of para-hydroxylation sites is 1. The molecule has 0 radical (unpaired) electrons. The zero-order chi connectivity index (χ0) is 13.8. The summed E-state index contributed by atoms with van der Waals surface area (Å²) in [5, 5.41) is 12.2. The lowest BCUT2D eigenvalue weighted by Gasteiger charge is -2.18. The van der Waals surface area contributed by atoms with Crippen LogP contribution in [0.1, 0.15) is 11.6 Å². The monoisotopic (exact) mass is 267 g/mol. The molecule has 0 fully saturated rings. The Bertz CT molecular complexity index is 537. The summed E-state index contributed by atoms with van der Waals surface area (Å²) in [5.74, 6) is -4.06. The van der Waals surface area contributed by atoms with Crippen LogP contribution in [0.2, 0.25) is 0 Å². The number of hydrogen-bond donors (Lipinski definition) is 2. The summed E-state index contributed by atoms with van der Waals surface area (Å²) < 4.78 is 39.2. The molecule has 2 N–H and O–H groups in total. The van der Waals surface area contributed by atoms with Crippen LogP contribution >= 0.6 is 0 Å². The molecule has 0 bridgehead atoms. The minimum Gasteiger partial charge on any atom is -0.394 e. The number of benzene rings is 2. The smallest absolute Gasteiger partial charge is 0.194 e. The summed E-state index contributed by atoms with van der Waals surface area (Å²) in [6, 6.07) is 9.90. The predicted octanol–water partition coefficient (Wildman–Crippen LogP) is 3.25. The number of halogens is 3. The van der Waals surface area contributed by atoms with E-state index in [4.69, 9.17) is 0 Å². The molecular formula is C14H12F3NO. The second-order valence-corrected chi connectivity index (χ2v) is 4.04. The summed E-state index contributed by atoms with van der Waals surface area (Å²) in [7, 11) is 0. The summed E-state index contributed by atoms with van der Waals surface area (Å²) >= 11 is 0. The zero-order valence-corrected chi connectivity index (χ0v) is 9.91. The first-order chi connectivity index (χ1) is 9.11. The van der Waals surface area contributed by atoms with Gasteiger partial charge in [0.2, 0.25) is 0 Å². The Morgan fingerprint density at radius 3 is 2.11 bits per heavy atom. The molecule has 1 unspecified atom stereocenters. The van der Waals surface area contributed by atoms with E-state index in [2.05, 4.69) is 5.32 Å². The molecule has 2 rings (SSSR count). The molecule has 0 aliphatic carbocycles. The molecule has 0 aromatic heterocycles. The molecule has 0 amide bonds. The predicted molar refractivity (Wildman–Crippen MR) is 66.2 cm³/mol. The van der Waals surface area contributed by atoms with Gasteiger partial charge in [0.05, 0.1) is 12.6 Å². The quantitative estimate of drug-likeness (QED) is 0.833. The SMILES string of the molecule is OCC(Nc1ccccc1)c1cc(F)c(F)c(F)c1. The summed E-state index contributed by atoms with van der Waals surface area (Å²) in [5.41, 5.74) is 0.828. The van der Waals surface area contributed by atoms with Gasteiger partial charge in [0.25, 0.3) is 0 Å². The molecule has 100 valence electrons. The molecule has 0 saturated heterocycles. The van der Waals surface area contributed by atoms with Crippen molar-refractivity contribution in [2.45, 2.75) is 6.04 Å². The summed E-state index contributed by atoms with van der Waals surface area (Å²) in [6.45, 7) is -0.376. The molecule has 0 spiro atoms. The van der Waals surface area contributed by atoms with Crippen LogP contribution in [0.5, 0.6) is 0 Å². The van der Waals surface area contributed by atoms with Gasteiger partial charge < -0.3 is 10.4 Å². The van der Waals surface area contributed by atoms with Crippen molar-refractivity contribution in [1.29, 1.82) is 0 Å². The number of aliphatic hydroxyl groups excluding tert-OH is 1. The third-order valence-electron chi connectivity index (χ3n) is 2.71. The van der Waals surface area contributed by atoms with E-state index < -0.39 is 23.5 Å². The standard InChI is InChI=1S/C14H12F3NO/c15-11-6-9(7-12(16)14(11)17)13(8-19)18-10-4-2-1-3-5-10/h1-7,13,18-19H,8H2. The Balaban J connectivity index is 2.27. The molecule has 0 heterocycles. The molecule has 2 nitrogen and oxygen atoms in total. The van der Waals surface area contributed by atoms with E-state index in [0.29, 0.717) is 5.69 Å². The molecule has 2 aromatic carbocycles. The Labute approximate surface area is 108 Å². The van der Waals surface area contributed by atoms with Gasteiger partial charge in [-0.1, -0.05) is 18.2 Å². The Hall–Kier alpha value is -2.01. The molecule has 1 atom stereocenters. The minimum atomic E-state index is -1.51. The Morgan fingerprint density at radius 2 is 1.58 bits per heavy atom. The highest BCUT2D eigenvalue weighted by Crippen LogP contribution is 2.22. The molecule has 0 saturated carbocycles. The number of hydrogen-bond acceptors (Lipinski definition) is 2. The van der Waals surface area contributed by atoms with Crippen molar-refractivity contribution in [3.05, 3.63) is 65.5 Å². The van der Waals surface area contributed by atoms with E-state index in [0.717, 1.165) is 12.1 Å². The van der Waals surface area contributed by atoms with Gasteiger partial charge in [-0.15, -0.1) is 0 Å². The fourth-order valence-electron chi connectivity index (χ4n) is 1.75. The van der Waals surface area contributed by atoms with Gasteiger partial charge >= 0.3 is 0 Å². The van der Waals surface area contributed by atoms with Gasteiger partial charge in [-0.05, 0) is 29.8 Å². The maximum Gasteiger partial charge on any atom is 0.194 e. The van der Waals surface area contributed by atoms with Crippen molar-refractivity contribution >= 4 is 5.69 Å². The van der Waals surface area contributed by atoms with Crippen LogP contribution in [-0.2, 0) is 0 Å². The Morgan fingerprint density at radius 1 is 1.00 bits per heavy atom. The maximum absolute atomic E-state index is 13.2. The van der Waals surface area contributed by atoms with E-state index in [-0.39, 0.29) is 12.2 Å². The van der Waals surface area contributed by atoms with Crippen molar-refractivity contribution in [3.8, 4) is 0 Å². The van der Waals surface area contributed by atoms with Gasteiger partial charge in [0, 0.05) is 5.69 Å². The second kappa shape index (κ2) is 5.75. The van der Waals surface area contributed by atoms with Gasteiger partial charge in [-0.3, -0.25) is 0 Å². The fraction of sp³-hybridized carbons (Fsp3) is 0.143. The lowest BCUT2D eigenvalue weighted by molar-refractivity contribution is 0.275. The van der Waals surface area contributed by atoms with E-state index in [9.17, 15) is 18.3 Å². The normalized spacial score (nSPS) is 12.2. The first-order valence-electron chi connectivity index (χ1n) is 5.68. The summed E-state index contributed by atoms with van der Waals surface area (Å²) in [4.78, 5) is 0. The molecule has 19 heavy (non-hydrogen) atoms. The van der Waals surface area contributed by atoms with E-state index >= 15 is 0 Å². The molecular weight excluding hydrogens is 255 g/mol. The average Bonchev–Trinajstić information content (AvgIpc) is 2.42. The number of nitrogens with one attached hydrogen (secondary N) is 1. The zero-order valence-electron chi connectivity index (χ0n) is 9.91. The van der Waals surface area contributed by atoms with Gasteiger partial charge in [-0.25, -0.2) is 13.2 Å². The van der Waals surface area contributed by atoms with E-state index in [1.54, 1.807) is 24.3 Å². The van der Waals surface area contributed by atoms with Crippen LogP contribution in [0.3, 0.4) is 0 Å². The first kappa shape index (κ1) is 13.4.